The fourth-order valence-electron chi connectivity index (χ4n) is 2.00. The van der Waals surface area contributed by atoms with E-state index in [4.69, 9.17) is 4.74 Å². The first kappa shape index (κ1) is 11.5. The Hall–Kier alpha value is -0.570. The van der Waals surface area contributed by atoms with Gasteiger partial charge in [-0.05, 0) is 12.8 Å². The van der Waals surface area contributed by atoms with E-state index in [1.165, 1.54) is 32.1 Å². The Balaban J connectivity index is 2.22. The van der Waals surface area contributed by atoms with Gasteiger partial charge in [-0.2, -0.15) is 0 Å². The van der Waals surface area contributed by atoms with Gasteiger partial charge < -0.3 is 10.1 Å². The lowest BCUT2D eigenvalue weighted by Gasteiger charge is -2.20. The molecule has 3 nitrogen and oxygen atoms in total. The van der Waals surface area contributed by atoms with E-state index in [0.717, 1.165) is 12.8 Å². The summed E-state index contributed by atoms with van der Waals surface area (Å²) in [7, 11) is 1.55. The molecule has 1 aliphatic carbocycles. The van der Waals surface area contributed by atoms with E-state index in [2.05, 4.69) is 5.32 Å². The maximum Gasteiger partial charge on any atom is 0.246 e. The van der Waals surface area contributed by atoms with Crippen molar-refractivity contribution in [1.29, 1.82) is 0 Å². The van der Waals surface area contributed by atoms with Gasteiger partial charge in [0.15, 0.2) is 0 Å². The van der Waals surface area contributed by atoms with Crippen molar-refractivity contribution in [3.63, 3.8) is 0 Å². The Morgan fingerprint density at radius 1 is 1.21 bits per heavy atom. The minimum absolute atomic E-state index is 0.0260. The molecule has 0 spiro atoms. The largest absolute Gasteiger partial charge is 0.375 e. The maximum atomic E-state index is 11.3. The Morgan fingerprint density at radius 3 is 2.36 bits per heavy atom. The molecule has 1 N–H and O–H groups in total. The third-order valence-corrected chi connectivity index (χ3v) is 2.75. The molecule has 1 saturated carbocycles. The van der Waals surface area contributed by atoms with E-state index >= 15 is 0 Å². The molecule has 0 heterocycles. The van der Waals surface area contributed by atoms with Gasteiger partial charge in [0.2, 0.25) is 5.91 Å². The summed E-state index contributed by atoms with van der Waals surface area (Å²) in [6.45, 7) is 0.191. The number of ether oxygens (including phenoxy) is 1. The Labute approximate surface area is 86.2 Å². The second-order valence-corrected chi connectivity index (χ2v) is 4.04. The topological polar surface area (TPSA) is 38.3 Å². The molecule has 3 heteroatoms. The highest BCUT2D eigenvalue weighted by molar-refractivity contribution is 5.77. The third kappa shape index (κ3) is 4.61. The fraction of sp³-hybridized carbons (Fsp3) is 0.909. The summed E-state index contributed by atoms with van der Waals surface area (Å²) < 4.78 is 4.79. The van der Waals surface area contributed by atoms with Crippen molar-refractivity contribution in [2.24, 2.45) is 0 Å². The smallest absolute Gasteiger partial charge is 0.246 e. The molecule has 1 rings (SSSR count). The number of hydrogen-bond acceptors (Lipinski definition) is 2. The minimum atomic E-state index is 0.0260. The first-order valence-corrected chi connectivity index (χ1v) is 5.61. The van der Waals surface area contributed by atoms with E-state index in [1.54, 1.807) is 7.11 Å². The highest BCUT2D eigenvalue weighted by atomic mass is 16.5. The molecule has 82 valence electrons. The van der Waals surface area contributed by atoms with Crippen LogP contribution < -0.4 is 5.32 Å². The van der Waals surface area contributed by atoms with Gasteiger partial charge in [-0.3, -0.25) is 4.79 Å². The highest BCUT2D eigenvalue weighted by Gasteiger charge is 2.13. The Bertz CT molecular complexity index is 163. The molecular weight excluding hydrogens is 178 g/mol. The zero-order valence-corrected chi connectivity index (χ0v) is 9.05. The molecule has 0 unspecified atom stereocenters. The first-order chi connectivity index (χ1) is 6.83. The van der Waals surface area contributed by atoms with Crippen molar-refractivity contribution >= 4 is 5.91 Å². The number of nitrogens with one attached hydrogen (secondary N) is 1. The van der Waals surface area contributed by atoms with Crippen LogP contribution in [0, 0.1) is 0 Å². The molecule has 0 aromatic heterocycles. The molecule has 0 aromatic rings. The summed E-state index contributed by atoms with van der Waals surface area (Å²) in [5.41, 5.74) is 0. The van der Waals surface area contributed by atoms with Crippen molar-refractivity contribution in [1.82, 2.24) is 5.32 Å². The predicted octanol–water partition coefficient (Wildman–Crippen LogP) is 1.86. The summed E-state index contributed by atoms with van der Waals surface area (Å²) in [5, 5.41) is 3.02. The monoisotopic (exact) mass is 199 g/mol. The molecule has 0 atom stereocenters. The van der Waals surface area contributed by atoms with Gasteiger partial charge in [-0.15, -0.1) is 0 Å². The van der Waals surface area contributed by atoms with Crippen LogP contribution in [0.4, 0.5) is 0 Å². The van der Waals surface area contributed by atoms with Gasteiger partial charge in [0.05, 0.1) is 0 Å². The molecule has 0 radical (unpaired) electrons. The first-order valence-electron chi connectivity index (χ1n) is 5.61. The van der Waals surface area contributed by atoms with E-state index < -0.39 is 0 Å². The van der Waals surface area contributed by atoms with E-state index in [-0.39, 0.29) is 12.5 Å². The summed E-state index contributed by atoms with van der Waals surface area (Å²) >= 11 is 0. The maximum absolute atomic E-state index is 11.3. The third-order valence-electron chi connectivity index (χ3n) is 2.75. The van der Waals surface area contributed by atoms with Crippen molar-refractivity contribution in [3.8, 4) is 0 Å². The van der Waals surface area contributed by atoms with Gasteiger partial charge in [0.25, 0.3) is 0 Å². The molecule has 1 fully saturated rings. The van der Waals surface area contributed by atoms with Crippen LogP contribution in [-0.2, 0) is 9.53 Å². The van der Waals surface area contributed by atoms with Crippen molar-refractivity contribution < 1.29 is 9.53 Å². The van der Waals surface area contributed by atoms with Crippen molar-refractivity contribution in [2.45, 2.75) is 51.0 Å². The molecule has 0 aromatic carbocycles. The number of carbonyl (C=O) groups is 1. The zero-order valence-electron chi connectivity index (χ0n) is 9.05. The van der Waals surface area contributed by atoms with E-state index in [1.807, 2.05) is 0 Å². The lowest BCUT2D eigenvalue weighted by atomic mass is 9.97. The quantitative estimate of drug-likeness (QED) is 0.753. The predicted molar refractivity (Wildman–Crippen MR) is 56.1 cm³/mol. The molecule has 0 saturated heterocycles. The van der Waals surface area contributed by atoms with Crippen LogP contribution in [0.1, 0.15) is 44.9 Å². The molecule has 0 bridgehead atoms. The number of amides is 1. The van der Waals surface area contributed by atoms with Crippen LogP contribution in [0.15, 0.2) is 0 Å². The number of carbonyl (C=O) groups excluding carboxylic acids is 1. The van der Waals surface area contributed by atoms with Gasteiger partial charge in [-0.1, -0.05) is 32.1 Å². The van der Waals surface area contributed by atoms with Gasteiger partial charge in [-0.25, -0.2) is 0 Å². The second kappa shape index (κ2) is 6.82. The summed E-state index contributed by atoms with van der Waals surface area (Å²) in [6.07, 6.45) is 8.76. The van der Waals surface area contributed by atoms with Crippen molar-refractivity contribution in [2.75, 3.05) is 13.7 Å². The van der Waals surface area contributed by atoms with Crippen LogP contribution >= 0.6 is 0 Å². The van der Waals surface area contributed by atoms with E-state index in [0.29, 0.717) is 6.04 Å². The standard InChI is InChI=1S/C11H21NO2/c1-14-9-11(13)12-10-7-5-3-2-4-6-8-10/h10H,2-9H2,1H3,(H,12,13). The van der Waals surface area contributed by atoms with Crippen molar-refractivity contribution in [3.05, 3.63) is 0 Å². The van der Waals surface area contributed by atoms with Crippen LogP contribution in [0.3, 0.4) is 0 Å². The Morgan fingerprint density at radius 2 is 1.79 bits per heavy atom. The number of methoxy groups -OCH3 is 1. The Kier molecular flexibility index (Phi) is 5.60. The molecule has 0 aliphatic heterocycles. The average molecular weight is 199 g/mol. The minimum Gasteiger partial charge on any atom is -0.375 e. The second-order valence-electron chi connectivity index (χ2n) is 4.04. The highest BCUT2D eigenvalue weighted by Crippen LogP contribution is 2.16. The lowest BCUT2D eigenvalue weighted by Crippen LogP contribution is -2.37. The molecule has 1 amide bonds. The van der Waals surface area contributed by atoms with Gasteiger partial charge >= 0.3 is 0 Å². The lowest BCUT2D eigenvalue weighted by molar-refractivity contribution is -0.125. The summed E-state index contributed by atoms with van der Waals surface area (Å²) in [5.74, 6) is 0.0260. The van der Waals surface area contributed by atoms with Crippen LogP contribution in [0.5, 0.6) is 0 Å². The van der Waals surface area contributed by atoms with Crippen LogP contribution in [-0.4, -0.2) is 25.7 Å². The summed E-state index contributed by atoms with van der Waals surface area (Å²) in [6, 6.07) is 0.387. The van der Waals surface area contributed by atoms with Crippen LogP contribution in [0.2, 0.25) is 0 Å². The number of rotatable bonds is 3. The van der Waals surface area contributed by atoms with Gasteiger partial charge in [0.1, 0.15) is 6.61 Å². The zero-order chi connectivity index (χ0) is 10.2. The molecule has 1 aliphatic rings. The SMILES string of the molecule is COCC(=O)NC1CCCCCCC1. The van der Waals surface area contributed by atoms with Gasteiger partial charge in [0, 0.05) is 13.2 Å². The molecular formula is C11H21NO2. The number of hydrogen-bond donors (Lipinski definition) is 1. The fourth-order valence-corrected chi connectivity index (χ4v) is 2.00. The molecule has 14 heavy (non-hydrogen) atoms. The van der Waals surface area contributed by atoms with Crippen LogP contribution in [0.25, 0.3) is 0 Å². The average Bonchev–Trinajstić information content (AvgIpc) is 2.10. The summed E-state index contributed by atoms with van der Waals surface area (Å²) in [4.78, 5) is 11.3. The van der Waals surface area contributed by atoms with E-state index in [9.17, 15) is 4.79 Å². The normalized spacial score (nSPS) is 19.8.